The molecule has 1 N–H and O–H groups in total. The molecule has 8 nitrogen and oxygen atoms in total. The van der Waals surface area contributed by atoms with E-state index in [0.717, 1.165) is 11.8 Å². The molecule has 2 heterocycles. The van der Waals surface area contributed by atoms with Crippen molar-refractivity contribution in [2.24, 2.45) is 0 Å². The molecule has 11 heteroatoms. The standard InChI is InChI=1S/C32H28ClF2N3O5/c1-19(40)26-15-37(28-12-24(9-10-25(26)28)43-18-21-7-5-20(17-39)6-8-21)16-30(41)38-14-23(34)11-29(38)32(42)36-13-22-3-2-4-27(33)31(22)35/h2-10,12,15,17,23,29H,11,13-14,16,18H2,1H3,(H,36,42)/t23-,29+/m1/s1. The van der Waals surface area contributed by atoms with Gasteiger partial charge >= 0.3 is 0 Å². The van der Waals surface area contributed by atoms with Gasteiger partial charge in [0.1, 0.15) is 43.2 Å². The molecule has 1 fully saturated rings. The second kappa shape index (κ2) is 12.7. The maximum absolute atomic E-state index is 14.5. The van der Waals surface area contributed by atoms with Gasteiger partial charge in [0.15, 0.2) is 5.78 Å². The molecule has 0 saturated carbocycles. The largest absolute Gasteiger partial charge is 0.489 e. The summed E-state index contributed by atoms with van der Waals surface area (Å²) < 4.78 is 36.3. The highest BCUT2D eigenvalue weighted by Gasteiger charge is 2.39. The monoisotopic (exact) mass is 607 g/mol. The molecule has 3 aromatic carbocycles. The van der Waals surface area contributed by atoms with Gasteiger partial charge in [-0.3, -0.25) is 19.2 Å². The van der Waals surface area contributed by atoms with E-state index < -0.39 is 29.8 Å². The maximum Gasteiger partial charge on any atom is 0.243 e. The predicted molar refractivity (Wildman–Crippen MR) is 156 cm³/mol. The summed E-state index contributed by atoms with van der Waals surface area (Å²) in [6.07, 6.45) is 0.726. The third-order valence-electron chi connectivity index (χ3n) is 7.42. The second-order valence-corrected chi connectivity index (χ2v) is 10.8. The number of ketones is 1. The molecule has 1 saturated heterocycles. The van der Waals surface area contributed by atoms with Crippen LogP contribution in [0.5, 0.6) is 5.75 Å². The Bertz CT molecular complexity index is 1710. The van der Waals surface area contributed by atoms with Crippen molar-refractivity contribution < 1.29 is 32.7 Å². The third kappa shape index (κ3) is 6.59. The Kier molecular flexibility index (Phi) is 8.86. The number of Topliss-reactive ketones (excluding diaryl/α,β-unsaturated/α-hetero) is 1. The number of hydrogen-bond donors (Lipinski definition) is 1. The molecule has 0 radical (unpaired) electrons. The Morgan fingerprint density at radius 3 is 2.60 bits per heavy atom. The zero-order valence-corrected chi connectivity index (χ0v) is 23.9. The number of nitrogens with one attached hydrogen (secondary N) is 1. The Morgan fingerprint density at radius 2 is 1.88 bits per heavy atom. The van der Waals surface area contributed by atoms with Crippen molar-refractivity contribution in [2.75, 3.05) is 6.54 Å². The van der Waals surface area contributed by atoms with Gasteiger partial charge in [0.25, 0.3) is 0 Å². The predicted octanol–water partition coefficient (Wildman–Crippen LogP) is 5.28. The highest BCUT2D eigenvalue weighted by molar-refractivity contribution is 6.30. The first-order valence-electron chi connectivity index (χ1n) is 13.6. The molecular formula is C32H28ClF2N3O5. The van der Waals surface area contributed by atoms with Gasteiger partial charge < -0.3 is 19.5 Å². The first kappa shape index (κ1) is 29.9. The van der Waals surface area contributed by atoms with Crippen molar-refractivity contribution in [3.63, 3.8) is 0 Å². The Morgan fingerprint density at radius 1 is 1.12 bits per heavy atom. The van der Waals surface area contributed by atoms with Crippen LogP contribution in [0, 0.1) is 5.82 Å². The van der Waals surface area contributed by atoms with Crippen molar-refractivity contribution in [3.05, 3.63) is 100.0 Å². The number of nitrogens with zero attached hydrogens (tertiary/aromatic N) is 2. The molecule has 0 unspecified atom stereocenters. The molecule has 43 heavy (non-hydrogen) atoms. The van der Waals surface area contributed by atoms with Crippen molar-refractivity contribution in [2.45, 2.75) is 45.3 Å². The van der Waals surface area contributed by atoms with Gasteiger partial charge in [0.2, 0.25) is 11.8 Å². The average molecular weight is 608 g/mol. The summed E-state index contributed by atoms with van der Waals surface area (Å²) in [6.45, 7) is 0.963. The van der Waals surface area contributed by atoms with Gasteiger partial charge in [-0.15, -0.1) is 0 Å². The van der Waals surface area contributed by atoms with E-state index in [1.165, 1.54) is 24.0 Å². The van der Waals surface area contributed by atoms with E-state index in [1.54, 1.807) is 59.3 Å². The lowest BCUT2D eigenvalue weighted by molar-refractivity contribution is -0.139. The number of carbonyl (C=O) groups is 4. The summed E-state index contributed by atoms with van der Waals surface area (Å²) in [4.78, 5) is 50.9. The number of benzene rings is 3. The zero-order chi connectivity index (χ0) is 30.7. The quantitative estimate of drug-likeness (QED) is 0.195. The number of rotatable bonds is 10. The number of amides is 2. The number of alkyl halides is 1. The highest BCUT2D eigenvalue weighted by Crippen LogP contribution is 2.28. The summed E-state index contributed by atoms with van der Waals surface area (Å²) in [5.41, 5.74) is 2.52. The molecule has 1 aromatic heterocycles. The first-order chi connectivity index (χ1) is 20.6. The number of aromatic nitrogens is 1. The first-order valence-corrected chi connectivity index (χ1v) is 14.0. The van der Waals surface area contributed by atoms with E-state index in [4.69, 9.17) is 16.3 Å². The maximum atomic E-state index is 14.5. The Balaban J connectivity index is 1.33. The Hall–Kier alpha value is -4.57. The lowest BCUT2D eigenvalue weighted by Crippen LogP contribution is -2.46. The van der Waals surface area contributed by atoms with Crippen molar-refractivity contribution in [1.82, 2.24) is 14.8 Å². The molecule has 0 aliphatic carbocycles. The highest BCUT2D eigenvalue weighted by atomic mass is 35.5. The molecule has 1 aliphatic heterocycles. The lowest BCUT2D eigenvalue weighted by Gasteiger charge is -2.24. The third-order valence-corrected chi connectivity index (χ3v) is 7.71. The summed E-state index contributed by atoms with van der Waals surface area (Å²) in [6, 6.07) is 15.4. The van der Waals surface area contributed by atoms with Gasteiger partial charge in [-0.25, -0.2) is 8.78 Å². The fraction of sp³-hybridized carbons (Fsp3) is 0.250. The van der Waals surface area contributed by atoms with E-state index in [1.807, 2.05) is 0 Å². The minimum absolute atomic E-state index is 0.0843. The number of likely N-dealkylation sites (tertiary alicyclic amines) is 1. The number of aldehydes is 1. The molecule has 2 amide bonds. The fourth-order valence-electron chi connectivity index (χ4n) is 5.16. The van der Waals surface area contributed by atoms with Crippen LogP contribution in [0.2, 0.25) is 5.02 Å². The summed E-state index contributed by atoms with van der Waals surface area (Å²) in [5, 5.41) is 3.12. The zero-order valence-electron chi connectivity index (χ0n) is 23.2. The van der Waals surface area contributed by atoms with Crippen LogP contribution >= 0.6 is 11.6 Å². The minimum Gasteiger partial charge on any atom is -0.489 e. The fourth-order valence-corrected chi connectivity index (χ4v) is 5.36. The van der Waals surface area contributed by atoms with Crippen molar-refractivity contribution in [3.8, 4) is 5.75 Å². The van der Waals surface area contributed by atoms with Crippen LogP contribution < -0.4 is 10.1 Å². The molecule has 4 aromatic rings. The minimum atomic E-state index is -1.41. The number of ether oxygens (including phenoxy) is 1. The van der Waals surface area contributed by atoms with Crippen molar-refractivity contribution in [1.29, 1.82) is 0 Å². The summed E-state index contributed by atoms with van der Waals surface area (Å²) >= 11 is 5.81. The normalized spacial score (nSPS) is 16.3. The SMILES string of the molecule is CC(=O)c1cn(CC(=O)N2C[C@H](F)C[C@H]2C(=O)NCc2cccc(Cl)c2F)c2cc(OCc3ccc(C=O)cc3)ccc12. The van der Waals surface area contributed by atoms with Crippen LogP contribution in [0.3, 0.4) is 0 Å². The van der Waals surface area contributed by atoms with E-state index >= 15 is 0 Å². The van der Waals surface area contributed by atoms with Crippen molar-refractivity contribution >= 4 is 46.4 Å². The van der Waals surface area contributed by atoms with E-state index in [0.29, 0.717) is 27.8 Å². The molecular weight excluding hydrogens is 580 g/mol. The second-order valence-electron chi connectivity index (χ2n) is 10.4. The van der Waals surface area contributed by atoms with Gasteiger partial charge in [-0.1, -0.05) is 48.0 Å². The smallest absolute Gasteiger partial charge is 0.243 e. The van der Waals surface area contributed by atoms with Crippen LogP contribution in [0.15, 0.2) is 66.9 Å². The van der Waals surface area contributed by atoms with Crippen LogP contribution in [0.25, 0.3) is 10.9 Å². The summed E-state index contributed by atoms with van der Waals surface area (Å²) in [7, 11) is 0. The topological polar surface area (TPSA) is 97.7 Å². The average Bonchev–Trinajstić information content (AvgIpc) is 3.57. The van der Waals surface area contributed by atoms with E-state index in [-0.39, 0.29) is 49.0 Å². The van der Waals surface area contributed by atoms with Crippen LogP contribution in [0.4, 0.5) is 8.78 Å². The van der Waals surface area contributed by atoms with Gasteiger partial charge in [0.05, 0.1) is 17.1 Å². The Labute approximate surface area is 251 Å². The molecule has 5 rings (SSSR count). The lowest BCUT2D eigenvalue weighted by atomic mass is 10.1. The molecule has 222 valence electrons. The number of carbonyl (C=O) groups excluding carboxylic acids is 4. The van der Waals surface area contributed by atoms with Gasteiger partial charge in [-0.2, -0.15) is 0 Å². The van der Waals surface area contributed by atoms with E-state index in [2.05, 4.69) is 5.32 Å². The number of halogens is 3. The molecule has 0 bridgehead atoms. The van der Waals surface area contributed by atoms with Crippen LogP contribution in [-0.2, 0) is 29.3 Å². The van der Waals surface area contributed by atoms with Crippen LogP contribution in [0.1, 0.15) is 45.2 Å². The van der Waals surface area contributed by atoms with Gasteiger partial charge in [0, 0.05) is 47.3 Å². The molecule has 2 atom stereocenters. The number of fused-ring (bicyclic) bond motifs is 1. The molecule has 1 aliphatic rings. The van der Waals surface area contributed by atoms with E-state index in [9.17, 15) is 28.0 Å². The van der Waals surface area contributed by atoms with Gasteiger partial charge in [-0.05, 0) is 30.7 Å². The number of hydrogen-bond acceptors (Lipinski definition) is 5. The molecule has 0 spiro atoms. The summed E-state index contributed by atoms with van der Waals surface area (Å²) in [5.74, 6) is -1.48. The van der Waals surface area contributed by atoms with Crippen LogP contribution in [-0.4, -0.2) is 52.1 Å².